The molecule has 9 nitrogen and oxygen atoms in total. The summed E-state index contributed by atoms with van der Waals surface area (Å²) in [6.45, 7) is 8.96. The van der Waals surface area contributed by atoms with Gasteiger partial charge in [-0.1, -0.05) is 17.4 Å². The number of hydrogen-bond acceptors (Lipinski definition) is 8. The van der Waals surface area contributed by atoms with Crippen LogP contribution in [-0.2, 0) is 4.74 Å². The van der Waals surface area contributed by atoms with Gasteiger partial charge in [-0.05, 0) is 78.7 Å². The maximum absolute atomic E-state index is 12.6. The Bertz CT molecular complexity index is 1020. The van der Waals surface area contributed by atoms with Crippen LogP contribution in [0.5, 0.6) is 0 Å². The Kier molecular flexibility index (Phi) is 7.91. The van der Waals surface area contributed by atoms with Gasteiger partial charge < -0.3 is 25.2 Å². The summed E-state index contributed by atoms with van der Waals surface area (Å²) in [5.74, 6) is 0.917. The van der Waals surface area contributed by atoms with Crippen LogP contribution < -0.4 is 10.6 Å². The average Bonchev–Trinajstić information content (AvgIpc) is 3.28. The number of nitrogens with zero attached hydrogens (tertiary/aromatic N) is 4. The maximum atomic E-state index is 12.6. The van der Waals surface area contributed by atoms with E-state index in [1.54, 1.807) is 11.1 Å². The summed E-state index contributed by atoms with van der Waals surface area (Å²) in [7, 11) is 2.11. The van der Waals surface area contributed by atoms with Crippen molar-refractivity contribution in [2.45, 2.75) is 64.0 Å². The predicted octanol–water partition coefficient (Wildman–Crippen LogP) is 4.22. The lowest BCUT2D eigenvalue weighted by molar-refractivity contribution is 0.0204. The molecule has 2 aromatic rings. The second-order valence-corrected chi connectivity index (χ2v) is 11.4. The highest BCUT2D eigenvalue weighted by Crippen LogP contribution is 2.29. The van der Waals surface area contributed by atoms with E-state index in [1.165, 1.54) is 11.3 Å². The van der Waals surface area contributed by atoms with Crippen molar-refractivity contribution in [3.63, 3.8) is 0 Å². The molecule has 4 heterocycles. The number of ether oxygens (including phenoxy) is 1. The second kappa shape index (κ2) is 10.9. The van der Waals surface area contributed by atoms with E-state index < -0.39 is 5.60 Å². The van der Waals surface area contributed by atoms with Crippen molar-refractivity contribution in [3.05, 3.63) is 35.0 Å². The molecular weight excluding hydrogens is 464 g/mol. The van der Waals surface area contributed by atoms with Crippen LogP contribution in [0.2, 0.25) is 0 Å². The number of pyridine rings is 1. The summed E-state index contributed by atoms with van der Waals surface area (Å²) in [6.07, 6.45) is 4.99. The monoisotopic (exact) mass is 500 g/mol. The van der Waals surface area contributed by atoms with Crippen LogP contribution in [0.3, 0.4) is 0 Å². The molecule has 0 aromatic carbocycles. The summed E-state index contributed by atoms with van der Waals surface area (Å²) in [4.78, 5) is 38.8. The molecule has 0 atom stereocenters. The fourth-order valence-corrected chi connectivity index (χ4v) is 5.11. The van der Waals surface area contributed by atoms with Gasteiger partial charge in [0.1, 0.15) is 16.3 Å². The van der Waals surface area contributed by atoms with Gasteiger partial charge in [-0.15, -0.1) is 0 Å². The Morgan fingerprint density at radius 1 is 1.09 bits per heavy atom. The number of nitrogens with one attached hydrogen (secondary N) is 2. The number of hydrogen-bond donors (Lipinski definition) is 2. The Balaban J connectivity index is 1.30. The molecule has 4 rings (SSSR count). The highest BCUT2D eigenvalue weighted by atomic mass is 32.1. The Labute approximate surface area is 211 Å². The molecule has 0 spiro atoms. The lowest BCUT2D eigenvalue weighted by atomic mass is 9.93. The van der Waals surface area contributed by atoms with Crippen molar-refractivity contribution in [2.75, 3.05) is 38.5 Å². The number of aromatic nitrogens is 2. The van der Waals surface area contributed by atoms with E-state index in [1.807, 2.05) is 39.0 Å². The third-order valence-electron chi connectivity index (χ3n) is 6.35. The number of carbonyl (C=O) groups excluding carboxylic acids is 2. The second-order valence-electron chi connectivity index (χ2n) is 10.4. The summed E-state index contributed by atoms with van der Waals surface area (Å²) in [5.41, 5.74) is 0.509. The van der Waals surface area contributed by atoms with Gasteiger partial charge in [-0.2, -0.15) is 0 Å². The fraction of sp³-hybridized carbons (Fsp3) is 0.600. The van der Waals surface area contributed by atoms with Gasteiger partial charge in [0, 0.05) is 30.7 Å². The van der Waals surface area contributed by atoms with Crippen LogP contribution in [0.15, 0.2) is 24.4 Å². The molecule has 2 saturated heterocycles. The number of anilines is 2. The molecule has 0 bridgehead atoms. The van der Waals surface area contributed by atoms with E-state index >= 15 is 0 Å². The van der Waals surface area contributed by atoms with Crippen LogP contribution in [0.25, 0.3) is 0 Å². The topological polar surface area (TPSA) is 99.7 Å². The van der Waals surface area contributed by atoms with Gasteiger partial charge in [-0.3, -0.25) is 4.79 Å². The molecule has 190 valence electrons. The first-order valence-electron chi connectivity index (χ1n) is 12.3. The highest BCUT2D eigenvalue weighted by molar-refractivity contribution is 7.17. The minimum Gasteiger partial charge on any atom is -0.444 e. The van der Waals surface area contributed by atoms with Gasteiger partial charge in [0.25, 0.3) is 5.91 Å². The molecule has 2 aliphatic heterocycles. The normalized spacial score (nSPS) is 18.3. The largest absolute Gasteiger partial charge is 0.444 e. The molecular formula is C25H36N6O3S. The number of thiazole rings is 1. The van der Waals surface area contributed by atoms with Gasteiger partial charge in [-0.25, -0.2) is 14.8 Å². The molecule has 0 aliphatic carbocycles. The number of carbonyl (C=O) groups is 2. The minimum absolute atomic E-state index is 0.0661. The van der Waals surface area contributed by atoms with Crippen molar-refractivity contribution in [1.29, 1.82) is 0 Å². The maximum Gasteiger partial charge on any atom is 0.410 e. The van der Waals surface area contributed by atoms with E-state index in [4.69, 9.17) is 9.72 Å². The first-order valence-corrected chi connectivity index (χ1v) is 13.1. The average molecular weight is 501 g/mol. The lowest BCUT2D eigenvalue weighted by Gasteiger charge is -2.33. The molecule has 2 fully saturated rings. The number of likely N-dealkylation sites (tertiary alicyclic amines) is 2. The van der Waals surface area contributed by atoms with E-state index in [0.29, 0.717) is 28.9 Å². The van der Waals surface area contributed by atoms with Crippen LogP contribution in [-0.4, -0.2) is 76.6 Å². The molecule has 2 amide bonds. The molecule has 35 heavy (non-hydrogen) atoms. The van der Waals surface area contributed by atoms with Gasteiger partial charge in [0.2, 0.25) is 0 Å². The number of rotatable bonds is 5. The number of amides is 2. The molecule has 2 aliphatic rings. The van der Waals surface area contributed by atoms with Gasteiger partial charge >= 0.3 is 6.09 Å². The Hall–Kier alpha value is -2.72. The smallest absolute Gasteiger partial charge is 0.410 e. The Morgan fingerprint density at radius 3 is 2.49 bits per heavy atom. The van der Waals surface area contributed by atoms with Crippen LogP contribution >= 0.6 is 11.3 Å². The van der Waals surface area contributed by atoms with E-state index in [-0.39, 0.29) is 24.0 Å². The molecule has 2 N–H and O–H groups in total. The van der Waals surface area contributed by atoms with Crippen molar-refractivity contribution in [3.8, 4) is 0 Å². The third-order valence-corrected chi connectivity index (χ3v) is 7.27. The number of piperidine rings is 2. The molecule has 2 aromatic heterocycles. The highest BCUT2D eigenvalue weighted by Gasteiger charge is 2.28. The van der Waals surface area contributed by atoms with Gasteiger partial charge in [0.05, 0.1) is 6.20 Å². The summed E-state index contributed by atoms with van der Waals surface area (Å²) in [6, 6.07) is 6.13. The molecule has 0 unspecified atom stereocenters. The third kappa shape index (κ3) is 7.14. The Morgan fingerprint density at radius 2 is 1.80 bits per heavy atom. The van der Waals surface area contributed by atoms with E-state index in [0.717, 1.165) is 44.5 Å². The van der Waals surface area contributed by atoms with Crippen LogP contribution in [0.1, 0.15) is 67.7 Å². The SMILES string of the molecule is CN1CCC(NC(=O)c2cnc(Nc3cccc(C4CCN(C(=O)OC(C)(C)C)CC4)n3)s2)CC1. The van der Waals surface area contributed by atoms with Gasteiger partial charge in [0.15, 0.2) is 5.13 Å². The molecule has 10 heteroatoms. The summed E-state index contributed by atoms with van der Waals surface area (Å²) >= 11 is 1.33. The quantitative estimate of drug-likeness (QED) is 0.634. The van der Waals surface area contributed by atoms with Crippen LogP contribution in [0.4, 0.5) is 15.7 Å². The molecule has 0 saturated carbocycles. The van der Waals surface area contributed by atoms with Crippen molar-refractivity contribution in [2.24, 2.45) is 0 Å². The van der Waals surface area contributed by atoms with E-state index in [2.05, 4.69) is 27.6 Å². The van der Waals surface area contributed by atoms with Crippen molar-refractivity contribution in [1.82, 2.24) is 25.1 Å². The fourth-order valence-electron chi connectivity index (χ4n) is 4.39. The van der Waals surface area contributed by atoms with Crippen LogP contribution in [0, 0.1) is 0 Å². The zero-order valence-corrected chi connectivity index (χ0v) is 21.9. The molecule has 0 radical (unpaired) electrons. The standard InChI is InChI=1S/C25H36N6O3S/c1-25(2,3)34-24(33)31-14-8-17(9-15-31)19-6-5-7-21(28-19)29-23-26-16-20(35-23)22(32)27-18-10-12-30(4)13-11-18/h5-7,16-18H,8-15H2,1-4H3,(H,27,32)(H,26,28,29). The first kappa shape index (κ1) is 25.4. The van der Waals surface area contributed by atoms with E-state index in [9.17, 15) is 9.59 Å². The lowest BCUT2D eigenvalue weighted by Crippen LogP contribution is -2.43. The zero-order valence-electron chi connectivity index (χ0n) is 21.0. The predicted molar refractivity (Wildman–Crippen MR) is 137 cm³/mol. The van der Waals surface area contributed by atoms with Crippen molar-refractivity contribution < 1.29 is 14.3 Å². The first-order chi connectivity index (χ1) is 16.7. The summed E-state index contributed by atoms with van der Waals surface area (Å²) < 4.78 is 5.49. The minimum atomic E-state index is -0.487. The zero-order chi connectivity index (χ0) is 25.0. The van der Waals surface area contributed by atoms with Crippen molar-refractivity contribution >= 4 is 34.3 Å². The summed E-state index contributed by atoms with van der Waals surface area (Å²) in [5, 5.41) is 7.02.